The molecule has 0 bridgehead atoms. The molecule has 0 aromatic carbocycles. The predicted octanol–water partition coefficient (Wildman–Crippen LogP) is -0.157. The summed E-state index contributed by atoms with van der Waals surface area (Å²) < 4.78 is 5.03. The molecule has 1 saturated heterocycles. The van der Waals surface area contributed by atoms with Gasteiger partial charge >= 0.3 is 0 Å². The van der Waals surface area contributed by atoms with E-state index in [0.717, 1.165) is 19.6 Å². The number of nitrogens with zero attached hydrogens (tertiary/aromatic N) is 1. The van der Waals surface area contributed by atoms with Crippen LogP contribution in [0, 0.1) is 0 Å². The molecule has 13 heavy (non-hydrogen) atoms. The maximum absolute atomic E-state index is 11.2. The van der Waals surface area contributed by atoms with Crippen LogP contribution in [0.5, 0.6) is 0 Å². The number of hydrogen-bond donors (Lipinski definition) is 1. The van der Waals surface area contributed by atoms with E-state index in [0.29, 0.717) is 12.6 Å². The average Bonchev–Trinajstić information content (AvgIpc) is 2.08. The molecule has 1 rings (SSSR count). The second kappa shape index (κ2) is 5.19. The first-order valence-electron chi connectivity index (χ1n) is 4.79. The van der Waals surface area contributed by atoms with E-state index in [2.05, 4.69) is 19.2 Å². The van der Waals surface area contributed by atoms with Gasteiger partial charge in [-0.05, 0) is 0 Å². The highest BCUT2D eigenvalue weighted by Crippen LogP contribution is 1.97. The topological polar surface area (TPSA) is 41.6 Å². The van der Waals surface area contributed by atoms with E-state index in [1.165, 1.54) is 0 Å². The Morgan fingerprint density at radius 2 is 2.38 bits per heavy atom. The largest absolute Gasteiger partial charge is 0.370 e. The summed E-state index contributed by atoms with van der Waals surface area (Å²) in [4.78, 5) is 13.1. The summed E-state index contributed by atoms with van der Waals surface area (Å²) in [6.07, 6.45) is 0. The van der Waals surface area contributed by atoms with Crippen LogP contribution in [-0.4, -0.2) is 49.7 Å². The number of carbonyl (C=O) groups is 1. The minimum absolute atomic E-state index is 0.108. The highest BCUT2D eigenvalue weighted by Gasteiger charge is 2.17. The van der Waals surface area contributed by atoms with Crippen molar-refractivity contribution >= 4 is 5.91 Å². The summed E-state index contributed by atoms with van der Waals surface area (Å²) in [5.41, 5.74) is 0. The molecular formula is C9H18N2O2. The van der Waals surface area contributed by atoms with E-state index < -0.39 is 0 Å². The molecule has 0 aromatic rings. The Labute approximate surface area is 79.2 Å². The van der Waals surface area contributed by atoms with Gasteiger partial charge < -0.3 is 15.0 Å². The molecule has 4 heteroatoms. The number of hydrogen-bond acceptors (Lipinski definition) is 3. The zero-order valence-electron chi connectivity index (χ0n) is 8.38. The van der Waals surface area contributed by atoms with Crippen LogP contribution in [0.3, 0.4) is 0 Å². The average molecular weight is 186 g/mol. The third-order valence-corrected chi connectivity index (χ3v) is 2.02. The van der Waals surface area contributed by atoms with Crippen LogP contribution >= 0.6 is 0 Å². The smallest absolute Gasteiger partial charge is 0.248 e. The van der Waals surface area contributed by atoms with Gasteiger partial charge in [0.05, 0.1) is 6.61 Å². The third-order valence-electron chi connectivity index (χ3n) is 2.02. The van der Waals surface area contributed by atoms with Crippen molar-refractivity contribution in [3.8, 4) is 0 Å². The predicted molar refractivity (Wildman–Crippen MR) is 50.5 cm³/mol. The highest BCUT2D eigenvalue weighted by atomic mass is 16.5. The molecule has 1 aliphatic rings. The molecule has 1 heterocycles. The Balaban J connectivity index is 2.15. The summed E-state index contributed by atoms with van der Waals surface area (Å²) in [6.45, 7) is 7.51. The lowest BCUT2D eigenvalue weighted by molar-refractivity contribution is -0.142. The minimum Gasteiger partial charge on any atom is -0.370 e. The quantitative estimate of drug-likeness (QED) is 0.663. The van der Waals surface area contributed by atoms with Gasteiger partial charge in [-0.3, -0.25) is 4.79 Å². The second-order valence-electron chi connectivity index (χ2n) is 3.54. The molecule has 0 unspecified atom stereocenters. The van der Waals surface area contributed by atoms with E-state index in [1.54, 1.807) is 0 Å². The Hall–Kier alpha value is -0.610. The van der Waals surface area contributed by atoms with Gasteiger partial charge in [0, 0.05) is 25.7 Å². The van der Waals surface area contributed by atoms with Crippen molar-refractivity contribution in [2.24, 2.45) is 0 Å². The molecule has 0 radical (unpaired) electrons. The summed E-state index contributed by atoms with van der Waals surface area (Å²) in [7, 11) is 0. The van der Waals surface area contributed by atoms with Gasteiger partial charge in [-0.1, -0.05) is 13.8 Å². The molecule has 0 aromatic heterocycles. The minimum atomic E-state index is 0.108. The van der Waals surface area contributed by atoms with Gasteiger partial charge in [0.2, 0.25) is 5.91 Å². The van der Waals surface area contributed by atoms with Crippen molar-refractivity contribution < 1.29 is 9.53 Å². The van der Waals surface area contributed by atoms with Crippen LogP contribution in [0.25, 0.3) is 0 Å². The number of amides is 1. The fourth-order valence-corrected chi connectivity index (χ4v) is 1.27. The highest BCUT2D eigenvalue weighted by molar-refractivity contribution is 5.77. The van der Waals surface area contributed by atoms with E-state index in [4.69, 9.17) is 4.74 Å². The first-order chi connectivity index (χ1) is 6.20. The summed E-state index contributed by atoms with van der Waals surface area (Å²) in [6, 6.07) is 0.483. The Kier molecular flexibility index (Phi) is 4.18. The van der Waals surface area contributed by atoms with Crippen molar-refractivity contribution in [3.63, 3.8) is 0 Å². The number of ether oxygens (including phenoxy) is 1. The lowest BCUT2D eigenvalue weighted by Crippen LogP contribution is -2.45. The molecule has 1 aliphatic heterocycles. The van der Waals surface area contributed by atoms with Gasteiger partial charge in [0.25, 0.3) is 0 Å². The van der Waals surface area contributed by atoms with Crippen LogP contribution in [0.4, 0.5) is 0 Å². The maximum atomic E-state index is 11.2. The van der Waals surface area contributed by atoms with Gasteiger partial charge in [-0.25, -0.2) is 0 Å². The standard InChI is InChI=1S/C9H18N2O2/c1-8(2)10-3-4-11-5-6-13-7-9(11)12/h8,10H,3-7H2,1-2H3. The van der Waals surface area contributed by atoms with E-state index in [1.807, 2.05) is 4.90 Å². The zero-order chi connectivity index (χ0) is 9.68. The number of carbonyl (C=O) groups excluding carboxylic acids is 1. The van der Waals surface area contributed by atoms with Crippen LogP contribution in [0.15, 0.2) is 0 Å². The van der Waals surface area contributed by atoms with Crippen LogP contribution < -0.4 is 5.32 Å². The van der Waals surface area contributed by atoms with Crippen LogP contribution in [0.2, 0.25) is 0 Å². The summed E-state index contributed by atoms with van der Waals surface area (Å²) in [5.74, 6) is 0.108. The van der Waals surface area contributed by atoms with Gasteiger partial charge in [0.15, 0.2) is 0 Å². The number of rotatable bonds is 4. The molecule has 1 fully saturated rings. The van der Waals surface area contributed by atoms with Crippen molar-refractivity contribution in [1.29, 1.82) is 0 Å². The van der Waals surface area contributed by atoms with Crippen LogP contribution in [-0.2, 0) is 9.53 Å². The fraction of sp³-hybridized carbons (Fsp3) is 0.889. The van der Waals surface area contributed by atoms with E-state index in [-0.39, 0.29) is 12.5 Å². The molecule has 0 aliphatic carbocycles. The second-order valence-corrected chi connectivity index (χ2v) is 3.54. The molecule has 1 amide bonds. The molecule has 0 saturated carbocycles. The molecule has 1 N–H and O–H groups in total. The molecule has 4 nitrogen and oxygen atoms in total. The van der Waals surface area contributed by atoms with E-state index >= 15 is 0 Å². The number of morpholine rings is 1. The Bertz CT molecular complexity index is 171. The summed E-state index contributed by atoms with van der Waals surface area (Å²) >= 11 is 0. The molecular weight excluding hydrogens is 168 g/mol. The van der Waals surface area contributed by atoms with Gasteiger partial charge in [0.1, 0.15) is 6.61 Å². The Morgan fingerprint density at radius 1 is 1.62 bits per heavy atom. The molecule has 0 atom stereocenters. The van der Waals surface area contributed by atoms with Gasteiger partial charge in [-0.2, -0.15) is 0 Å². The first kappa shape index (κ1) is 10.5. The third kappa shape index (κ3) is 3.74. The Morgan fingerprint density at radius 3 is 3.00 bits per heavy atom. The summed E-state index contributed by atoms with van der Waals surface area (Å²) in [5, 5.41) is 3.28. The lowest BCUT2D eigenvalue weighted by atomic mass is 10.3. The fourth-order valence-electron chi connectivity index (χ4n) is 1.27. The molecule has 0 spiro atoms. The monoisotopic (exact) mass is 186 g/mol. The number of nitrogens with one attached hydrogen (secondary N) is 1. The van der Waals surface area contributed by atoms with Gasteiger partial charge in [-0.15, -0.1) is 0 Å². The maximum Gasteiger partial charge on any atom is 0.248 e. The SMILES string of the molecule is CC(C)NCCN1CCOCC1=O. The van der Waals surface area contributed by atoms with Crippen LogP contribution in [0.1, 0.15) is 13.8 Å². The van der Waals surface area contributed by atoms with Crippen molar-refractivity contribution in [3.05, 3.63) is 0 Å². The van der Waals surface area contributed by atoms with E-state index in [9.17, 15) is 4.79 Å². The van der Waals surface area contributed by atoms with Crippen molar-refractivity contribution in [2.45, 2.75) is 19.9 Å². The van der Waals surface area contributed by atoms with Crippen molar-refractivity contribution in [1.82, 2.24) is 10.2 Å². The molecule has 76 valence electrons. The van der Waals surface area contributed by atoms with Crippen molar-refractivity contribution in [2.75, 3.05) is 32.8 Å². The normalized spacial score (nSPS) is 18.4. The lowest BCUT2D eigenvalue weighted by Gasteiger charge is -2.27. The first-order valence-corrected chi connectivity index (χ1v) is 4.79. The zero-order valence-corrected chi connectivity index (χ0v) is 8.38.